The summed E-state index contributed by atoms with van der Waals surface area (Å²) in [5.41, 5.74) is 1.06. The van der Waals surface area contributed by atoms with Crippen molar-refractivity contribution in [2.75, 3.05) is 25.6 Å². The van der Waals surface area contributed by atoms with E-state index < -0.39 is 18.0 Å². The van der Waals surface area contributed by atoms with Crippen molar-refractivity contribution in [3.63, 3.8) is 0 Å². The first-order chi connectivity index (χ1) is 16.1. The Morgan fingerprint density at radius 2 is 1.45 bits per heavy atom. The zero-order valence-corrected chi connectivity index (χ0v) is 18.7. The van der Waals surface area contributed by atoms with Crippen molar-refractivity contribution in [2.45, 2.75) is 19.4 Å². The number of anilines is 1. The van der Waals surface area contributed by atoms with Gasteiger partial charge < -0.3 is 24.3 Å². The van der Waals surface area contributed by atoms with Gasteiger partial charge in [-0.3, -0.25) is 9.59 Å². The van der Waals surface area contributed by atoms with Crippen molar-refractivity contribution in [3.8, 4) is 17.2 Å². The predicted octanol–water partition coefficient (Wildman–Crippen LogP) is 4.79. The molecule has 33 heavy (non-hydrogen) atoms. The molecule has 3 rings (SSSR count). The molecule has 0 aliphatic heterocycles. The van der Waals surface area contributed by atoms with E-state index in [-0.39, 0.29) is 13.0 Å². The predicted molar refractivity (Wildman–Crippen MR) is 125 cm³/mol. The fourth-order valence-corrected chi connectivity index (χ4v) is 3.12. The molecule has 1 amide bonds. The van der Waals surface area contributed by atoms with E-state index in [2.05, 4.69) is 5.32 Å². The van der Waals surface area contributed by atoms with E-state index in [1.54, 1.807) is 61.7 Å². The molecule has 0 spiro atoms. The molecular weight excluding hydrogens is 422 g/mol. The molecule has 172 valence electrons. The van der Waals surface area contributed by atoms with Gasteiger partial charge in [0.05, 0.1) is 32.4 Å². The second kappa shape index (κ2) is 12.1. The number of ether oxygens (including phenoxy) is 4. The largest absolute Gasteiger partial charge is 0.493 e. The Hall–Kier alpha value is -4.00. The number of benzene rings is 3. The Balaban J connectivity index is 1.67. The zero-order valence-electron chi connectivity index (χ0n) is 18.7. The van der Waals surface area contributed by atoms with E-state index in [4.69, 9.17) is 18.9 Å². The van der Waals surface area contributed by atoms with Gasteiger partial charge in [0.25, 0.3) is 5.91 Å². The monoisotopic (exact) mass is 449 g/mol. The van der Waals surface area contributed by atoms with Gasteiger partial charge in [-0.05, 0) is 31.2 Å². The molecule has 0 fully saturated rings. The minimum Gasteiger partial charge on any atom is -0.493 e. The summed E-state index contributed by atoms with van der Waals surface area (Å²) in [4.78, 5) is 25.7. The van der Waals surface area contributed by atoms with E-state index in [0.717, 1.165) is 0 Å². The van der Waals surface area contributed by atoms with Crippen LogP contribution in [0, 0.1) is 0 Å². The Labute approximate surface area is 193 Å². The molecule has 0 aliphatic rings. The van der Waals surface area contributed by atoms with Crippen molar-refractivity contribution >= 4 is 17.6 Å². The normalized spacial score (nSPS) is 11.2. The van der Waals surface area contributed by atoms with Crippen LogP contribution < -0.4 is 19.5 Å². The number of hydrogen-bond acceptors (Lipinski definition) is 6. The molecule has 3 aromatic carbocycles. The first kappa shape index (κ1) is 23.7. The maximum absolute atomic E-state index is 13.1. The SMILES string of the molecule is CCOc1ccccc1NC(=O)C(OC(=O)CCOc1ccccc1OC)c1ccccc1. The lowest BCUT2D eigenvalue weighted by molar-refractivity contribution is -0.155. The van der Waals surface area contributed by atoms with Crippen LogP contribution in [0.5, 0.6) is 17.2 Å². The summed E-state index contributed by atoms with van der Waals surface area (Å²) in [5.74, 6) is 0.592. The summed E-state index contributed by atoms with van der Waals surface area (Å²) in [5, 5.41) is 2.81. The van der Waals surface area contributed by atoms with Crippen molar-refractivity contribution in [2.24, 2.45) is 0 Å². The lowest BCUT2D eigenvalue weighted by Gasteiger charge is -2.19. The van der Waals surface area contributed by atoms with Gasteiger partial charge in [-0.1, -0.05) is 54.6 Å². The molecular formula is C26H27NO6. The van der Waals surface area contributed by atoms with Gasteiger partial charge in [-0.25, -0.2) is 0 Å². The van der Waals surface area contributed by atoms with Crippen LogP contribution in [-0.4, -0.2) is 32.2 Å². The van der Waals surface area contributed by atoms with Gasteiger partial charge in [0.1, 0.15) is 5.75 Å². The van der Waals surface area contributed by atoms with Crippen molar-refractivity contribution in [3.05, 3.63) is 84.4 Å². The number of hydrogen-bond donors (Lipinski definition) is 1. The summed E-state index contributed by atoms with van der Waals surface area (Å²) >= 11 is 0. The lowest BCUT2D eigenvalue weighted by Crippen LogP contribution is -2.26. The van der Waals surface area contributed by atoms with Crippen LogP contribution in [0.25, 0.3) is 0 Å². The second-order valence-corrected chi connectivity index (χ2v) is 6.95. The van der Waals surface area contributed by atoms with Crippen LogP contribution in [0.3, 0.4) is 0 Å². The Kier molecular flexibility index (Phi) is 8.71. The maximum atomic E-state index is 13.1. The molecule has 0 aliphatic carbocycles. The molecule has 0 heterocycles. The van der Waals surface area contributed by atoms with E-state index in [1.165, 1.54) is 0 Å². The second-order valence-electron chi connectivity index (χ2n) is 6.95. The van der Waals surface area contributed by atoms with E-state index in [0.29, 0.717) is 35.1 Å². The van der Waals surface area contributed by atoms with Gasteiger partial charge in [-0.15, -0.1) is 0 Å². The highest BCUT2D eigenvalue weighted by atomic mass is 16.6. The summed E-state index contributed by atoms with van der Waals surface area (Å²) in [6, 6.07) is 23.1. The number of rotatable bonds is 11. The van der Waals surface area contributed by atoms with Gasteiger partial charge in [-0.2, -0.15) is 0 Å². The van der Waals surface area contributed by atoms with E-state index >= 15 is 0 Å². The number of amides is 1. The average molecular weight is 450 g/mol. The molecule has 1 atom stereocenters. The quantitative estimate of drug-likeness (QED) is 0.424. The Morgan fingerprint density at radius 1 is 0.818 bits per heavy atom. The fraction of sp³-hybridized carbons (Fsp3) is 0.231. The summed E-state index contributed by atoms with van der Waals surface area (Å²) in [7, 11) is 1.54. The van der Waals surface area contributed by atoms with Crippen LogP contribution in [-0.2, 0) is 14.3 Å². The van der Waals surface area contributed by atoms with Gasteiger partial charge in [0.2, 0.25) is 6.10 Å². The zero-order chi connectivity index (χ0) is 23.5. The van der Waals surface area contributed by atoms with Crippen LogP contribution >= 0.6 is 0 Å². The topological polar surface area (TPSA) is 83.1 Å². The number of carbonyl (C=O) groups excluding carboxylic acids is 2. The van der Waals surface area contributed by atoms with Crippen LogP contribution in [0.2, 0.25) is 0 Å². The van der Waals surface area contributed by atoms with Crippen LogP contribution in [0.4, 0.5) is 5.69 Å². The van der Waals surface area contributed by atoms with Crippen LogP contribution in [0.1, 0.15) is 25.0 Å². The number of nitrogens with one attached hydrogen (secondary N) is 1. The molecule has 0 aromatic heterocycles. The highest BCUT2D eigenvalue weighted by Crippen LogP contribution is 2.28. The molecule has 1 unspecified atom stereocenters. The third-order valence-electron chi connectivity index (χ3n) is 4.67. The standard InChI is InChI=1S/C26H27NO6/c1-3-31-21-14-8-7-13-20(21)27-26(29)25(19-11-5-4-6-12-19)33-24(28)17-18-32-23-16-10-9-15-22(23)30-2/h4-16,25H,3,17-18H2,1-2H3,(H,27,29). The molecule has 0 saturated heterocycles. The van der Waals surface area contributed by atoms with Gasteiger partial charge in [0.15, 0.2) is 11.5 Å². The van der Waals surface area contributed by atoms with Crippen LogP contribution in [0.15, 0.2) is 78.9 Å². The van der Waals surface area contributed by atoms with Gasteiger partial charge >= 0.3 is 5.97 Å². The first-order valence-corrected chi connectivity index (χ1v) is 10.6. The van der Waals surface area contributed by atoms with Gasteiger partial charge in [0, 0.05) is 5.56 Å². The van der Waals surface area contributed by atoms with Crippen molar-refractivity contribution in [1.29, 1.82) is 0 Å². The number of carbonyl (C=O) groups is 2. The number of methoxy groups -OCH3 is 1. The first-order valence-electron chi connectivity index (χ1n) is 10.6. The van der Waals surface area contributed by atoms with Crippen molar-refractivity contribution < 1.29 is 28.5 Å². The van der Waals surface area contributed by atoms with E-state index in [9.17, 15) is 9.59 Å². The molecule has 3 aromatic rings. The Bertz CT molecular complexity index is 1050. The molecule has 0 radical (unpaired) electrons. The average Bonchev–Trinajstić information content (AvgIpc) is 2.84. The third kappa shape index (κ3) is 6.74. The molecule has 0 bridgehead atoms. The van der Waals surface area contributed by atoms with Crippen molar-refractivity contribution in [1.82, 2.24) is 0 Å². The fourth-order valence-electron chi connectivity index (χ4n) is 3.12. The summed E-state index contributed by atoms with van der Waals surface area (Å²) in [6.07, 6.45) is -1.16. The minimum absolute atomic E-state index is 0.0375. The highest BCUT2D eigenvalue weighted by Gasteiger charge is 2.26. The molecule has 7 nitrogen and oxygen atoms in total. The van der Waals surface area contributed by atoms with E-state index in [1.807, 2.05) is 31.2 Å². The highest BCUT2D eigenvalue weighted by molar-refractivity contribution is 5.97. The third-order valence-corrected chi connectivity index (χ3v) is 4.67. The lowest BCUT2D eigenvalue weighted by atomic mass is 10.1. The maximum Gasteiger partial charge on any atom is 0.310 e. The molecule has 0 saturated carbocycles. The number of para-hydroxylation sites is 4. The smallest absolute Gasteiger partial charge is 0.310 e. The minimum atomic E-state index is -1.13. The summed E-state index contributed by atoms with van der Waals surface area (Å²) < 4.78 is 22.0. The Morgan fingerprint density at radius 3 is 2.15 bits per heavy atom. The number of esters is 1. The summed E-state index contributed by atoms with van der Waals surface area (Å²) in [6.45, 7) is 2.39. The molecule has 1 N–H and O–H groups in total. The molecule has 7 heteroatoms.